The van der Waals surface area contributed by atoms with Gasteiger partial charge in [-0.3, -0.25) is 4.79 Å². The summed E-state index contributed by atoms with van der Waals surface area (Å²) in [6.45, 7) is 11.6. The van der Waals surface area contributed by atoms with Gasteiger partial charge in [-0.05, 0) is 44.8 Å². The maximum Gasteiger partial charge on any atom is 0.394 e. The van der Waals surface area contributed by atoms with Gasteiger partial charge in [-0.1, -0.05) is 30.3 Å². The maximum absolute atomic E-state index is 12.4. The number of amides is 1. The minimum atomic E-state index is -2.03. The van der Waals surface area contributed by atoms with Crippen molar-refractivity contribution in [1.82, 2.24) is 5.32 Å². The molecule has 1 aromatic rings. The Morgan fingerprint density at radius 1 is 0.957 bits per heavy atom. The summed E-state index contributed by atoms with van der Waals surface area (Å²) >= 11 is 0. The van der Waals surface area contributed by atoms with Crippen molar-refractivity contribution >= 4 is 28.7 Å². The Kier molecular flexibility index (Phi) is 6.58. The summed E-state index contributed by atoms with van der Waals surface area (Å²) in [6.07, 6.45) is -0.178. The summed E-state index contributed by atoms with van der Waals surface area (Å²) in [5, 5.41) is 2.67. The second kappa shape index (κ2) is 7.78. The van der Waals surface area contributed by atoms with Gasteiger partial charge in [0.15, 0.2) is 0 Å². The number of carbonyl (C=O) groups is 2. The summed E-state index contributed by atoms with van der Waals surface area (Å²) in [5.74, 6) is -0.402. The monoisotopic (exact) mass is 353 g/mol. The molecule has 1 atom stereocenters. The van der Waals surface area contributed by atoms with E-state index >= 15 is 0 Å². The zero-order valence-electron chi connectivity index (χ0n) is 14.8. The number of carbonyl (C=O) groups excluding carboxylic acids is 2. The number of hydrogen-bond acceptors (Lipinski definition) is 4. The van der Waals surface area contributed by atoms with Crippen molar-refractivity contribution < 1.29 is 18.4 Å². The van der Waals surface area contributed by atoms with Crippen LogP contribution in [0.2, 0.25) is 39.3 Å². The molecule has 0 spiro atoms. The van der Waals surface area contributed by atoms with E-state index in [1.54, 1.807) is 0 Å². The molecule has 0 saturated carbocycles. The molecular formula is C16H27NO4Si2. The minimum Gasteiger partial charge on any atom is -0.518 e. The topological polar surface area (TPSA) is 64.6 Å². The molecule has 0 aromatic heterocycles. The molecule has 1 amide bonds. The van der Waals surface area contributed by atoms with E-state index in [1.165, 1.54) is 0 Å². The van der Waals surface area contributed by atoms with Crippen LogP contribution in [0.1, 0.15) is 5.56 Å². The number of benzene rings is 1. The first kappa shape index (κ1) is 19.4. The van der Waals surface area contributed by atoms with Crippen LogP contribution in [0.3, 0.4) is 0 Å². The average molecular weight is 354 g/mol. The number of nitrogens with one attached hydrogen (secondary N) is 1. The first-order chi connectivity index (χ1) is 10.5. The molecule has 0 saturated heterocycles. The fraction of sp³-hybridized carbons (Fsp3) is 0.500. The average Bonchev–Trinajstić information content (AvgIpc) is 2.34. The van der Waals surface area contributed by atoms with Crippen molar-refractivity contribution in [3.05, 3.63) is 35.9 Å². The van der Waals surface area contributed by atoms with E-state index in [9.17, 15) is 9.59 Å². The van der Waals surface area contributed by atoms with Crippen LogP contribution in [-0.4, -0.2) is 34.7 Å². The van der Waals surface area contributed by atoms with Gasteiger partial charge in [0.05, 0.1) is 0 Å². The smallest absolute Gasteiger partial charge is 0.394 e. The standard InChI is InChI=1S/C16H27NO4Si2/c1-22(2,3)20-15(18)14(12-13-10-8-7-9-11-13)17-16(19)21-23(4,5)6/h7-11,14H,12H2,1-6H3,(H,17,19)/t14-/m0/s1. The van der Waals surface area contributed by atoms with Crippen molar-refractivity contribution in [2.24, 2.45) is 0 Å². The van der Waals surface area contributed by atoms with Gasteiger partial charge in [0.2, 0.25) is 16.6 Å². The molecule has 1 rings (SSSR count). The molecule has 0 aliphatic heterocycles. The first-order valence-corrected chi connectivity index (χ1v) is 14.5. The number of rotatable bonds is 6. The van der Waals surface area contributed by atoms with Crippen molar-refractivity contribution in [1.29, 1.82) is 0 Å². The highest BCUT2D eigenvalue weighted by molar-refractivity contribution is 6.71. The van der Waals surface area contributed by atoms with Crippen molar-refractivity contribution in [3.8, 4) is 0 Å². The third kappa shape index (κ3) is 8.56. The third-order valence-electron chi connectivity index (χ3n) is 2.66. The summed E-state index contributed by atoms with van der Waals surface area (Å²) in [5.41, 5.74) is 0.957. The van der Waals surface area contributed by atoms with E-state index in [-0.39, 0.29) is 0 Å². The van der Waals surface area contributed by atoms with Crippen molar-refractivity contribution in [2.45, 2.75) is 51.7 Å². The molecule has 128 valence electrons. The number of hydrogen-bond donors (Lipinski definition) is 1. The molecule has 0 unspecified atom stereocenters. The predicted octanol–water partition coefficient (Wildman–Crippen LogP) is 3.54. The van der Waals surface area contributed by atoms with Crippen molar-refractivity contribution in [3.63, 3.8) is 0 Å². The molecule has 1 aromatic carbocycles. The van der Waals surface area contributed by atoms with Crippen molar-refractivity contribution in [2.75, 3.05) is 0 Å². The van der Waals surface area contributed by atoms with E-state index < -0.39 is 34.7 Å². The van der Waals surface area contributed by atoms with Gasteiger partial charge in [-0.15, -0.1) is 0 Å². The summed E-state index contributed by atoms with van der Waals surface area (Å²) in [4.78, 5) is 24.5. The third-order valence-corrected chi connectivity index (χ3v) is 4.28. The van der Waals surface area contributed by atoms with E-state index in [0.29, 0.717) is 6.42 Å². The van der Waals surface area contributed by atoms with E-state index in [0.717, 1.165) is 5.56 Å². The van der Waals surface area contributed by atoms with Crippen LogP contribution >= 0.6 is 0 Å². The summed E-state index contributed by atoms with van der Waals surface area (Å²) < 4.78 is 10.9. The highest BCUT2D eigenvalue weighted by Crippen LogP contribution is 2.10. The Labute approximate surface area is 140 Å². The van der Waals surface area contributed by atoms with E-state index in [4.69, 9.17) is 8.85 Å². The normalized spacial score (nSPS) is 13.1. The maximum atomic E-state index is 12.4. The van der Waals surface area contributed by atoms with Gasteiger partial charge in [-0.25, -0.2) is 4.79 Å². The first-order valence-electron chi connectivity index (χ1n) is 7.72. The Hall–Kier alpha value is -1.61. The fourth-order valence-corrected chi connectivity index (χ4v) is 3.23. The van der Waals surface area contributed by atoms with E-state index in [1.807, 2.05) is 69.6 Å². The highest BCUT2D eigenvalue weighted by Gasteiger charge is 2.30. The van der Waals surface area contributed by atoms with Gasteiger partial charge in [0.1, 0.15) is 6.04 Å². The molecule has 0 radical (unpaired) electrons. The van der Waals surface area contributed by atoms with Crippen LogP contribution in [0.5, 0.6) is 0 Å². The summed E-state index contributed by atoms with van der Waals surface area (Å²) in [7, 11) is -4.05. The Morgan fingerprint density at radius 2 is 1.48 bits per heavy atom. The highest BCUT2D eigenvalue weighted by atomic mass is 28.4. The molecule has 0 fully saturated rings. The minimum absolute atomic E-state index is 0.380. The van der Waals surface area contributed by atoms with Crippen LogP contribution in [0, 0.1) is 0 Å². The molecule has 7 heteroatoms. The lowest BCUT2D eigenvalue weighted by Gasteiger charge is -2.25. The van der Waals surface area contributed by atoms with Crippen LogP contribution in [0.25, 0.3) is 0 Å². The second-order valence-corrected chi connectivity index (χ2v) is 16.3. The molecule has 23 heavy (non-hydrogen) atoms. The lowest BCUT2D eigenvalue weighted by atomic mass is 10.1. The zero-order valence-corrected chi connectivity index (χ0v) is 16.8. The zero-order chi connectivity index (χ0) is 17.7. The molecule has 0 aliphatic rings. The molecule has 0 aliphatic carbocycles. The Morgan fingerprint density at radius 3 is 1.96 bits per heavy atom. The second-order valence-electron chi connectivity index (χ2n) is 7.42. The fourth-order valence-electron chi connectivity index (χ4n) is 1.87. The molecule has 5 nitrogen and oxygen atoms in total. The lowest BCUT2D eigenvalue weighted by Crippen LogP contribution is -2.48. The molecule has 0 bridgehead atoms. The van der Waals surface area contributed by atoms with Crippen LogP contribution < -0.4 is 5.32 Å². The SMILES string of the molecule is C[Si](C)(C)OC(=O)N[C@@H](Cc1ccccc1)C(=O)O[Si](C)(C)C. The summed E-state index contributed by atoms with van der Waals surface area (Å²) in [6, 6.07) is 8.80. The Bertz CT molecular complexity index is 535. The molecular weight excluding hydrogens is 326 g/mol. The lowest BCUT2D eigenvalue weighted by molar-refractivity contribution is -0.137. The van der Waals surface area contributed by atoms with Gasteiger partial charge in [0, 0.05) is 6.42 Å². The van der Waals surface area contributed by atoms with Gasteiger partial charge < -0.3 is 14.2 Å². The van der Waals surface area contributed by atoms with Gasteiger partial charge in [-0.2, -0.15) is 0 Å². The molecule has 0 heterocycles. The predicted molar refractivity (Wildman–Crippen MR) is 96.3 cm³/mol. The van der Waals surface area contributed by atoms with Gasteiger partial charge >= 0.3 is 12.1 Å². The van der Waals surface area contributed by atoms with Crippen LogP contribution in [-0.2, 0) is 20.1 Å². The Balaban J connectivity index is 2.83. The van der Waals surface area contributed by atoms with Crippen LogP contribution in [0.15, 0.2) is 30.3 Å². The quantitative estimate of drug-likeness (QED) is 0.795. The van der Waals surface area contributed by atoms with Crippen LogP contribution in [0.4, 0.5) is 4.79 Å². The van der Waals surface area contributed by atoms with E-state index in [2.05, 4.69) is 5.32 Å². The largest absolute Gasteiger partial charge is 0.518 e. The molecule has 1 N–H and O–H groups in total. The van der Waals surface area contributed by atoms with Gasteiger partial charge in [0.25, 0.3) is 0 Å².